The zero-order valence-corrected chi connectivity index (χ0v) is 14.1. The lowest BCUT2D eigenvalue weighted by molar-refractivity contribution is -0.135. The zero-order valence-electron chi connectivity index (χ0n) is 14.1. The summed E-state index contributed by atoms with van der Waals surface area (Å²) in [6.07, 6.45) is 1.83. The summed E-state index contributed by atoms with van der Waals surface area (Å²) in [7, 11) is 3.32. The van der Waals surface area contributed by atoms with Crippen molar-refractivity contribution in [3.05, 3.63) is 60.4 Å². The van der Waals surface area contributed by atoms with Crippen molar-refractivity contribution in [2.45, 2.75) is 13.0 Å². The van der Waals surface area contributed by atoms with Crippen molar-refractivity contribution in [1.82, 2.24) is 14.5 Å². The third kappa shape index (κ3) is 3.03. The molecule has 3 aromatic rings. The van der Waals surface area contributed by atoms with E-state index in [1.807, 2.05) is 43.6 Å². The van der Waals surface area contributed by atoms with Gasteiger partial charge in [0.1, 0.15) is 12.9 Å². The smallest absolute Gasteiger partial charge is 0.248 e. The zero-order chi connectivity index (χ0) is 17.1. The maximum Gasteiger partial charge on any atom is 0.248 e. The first-order chi connectivity index (χ1) is 11.6. The molecule has 0 saturated carbocycles. The number of rotatable bonds is 5. The van der Waals surface area contributed by atoms with Crippen LogP contribution in [0.5, 0.6) is 0 Å². The average molecular weight is 323 g/mol. The Labute approximate surface area is 141 Å². The number of fused-ring (bicyclic) bond motifs is 1. The van der Waals surface area contributed by atoms with Crippen molar-refractivity contribution in [1.29, 1.82) is 0 Å². The molecule has 2 aromatic carbocycles. The second-order valence-corrected chi connectivity index (χ2v) is 5.81. The highest BCUT2D eigenvalue weighted by Gasteiger charge is 2.17. The van der Waals surface area contributed by atoms with Crippen molar-refractivity contribution >= 4 is 16.9 Å². The van der Waals surface area contributed by atoms with Gasteiger partial charge in [0.05, 0.1) is 17.1 Å². The molecule has 124 valence electrons. The van der Waals surface area contributed by atoms with Gasteiger partial charge in [-0.05, 0) is 36.8 Å². The Hall–Kier alpha value is -2.66. The summed E-state index contributed by atoms with van der Waals surface area (Å²) in [6, 6.07) is 16.2. The number of para-hydroxylation sites is 2. The maximum absolute atomic E-state index is 11.9. The number of carbonyl (C=O) groups is 1. The standard InChI is InChI=1S/C19H21N3O2/c1-14(21(2)19(23)12-24-3)15-8-10-16(11-9-15)22-13-20-17-6-4-5-7-18(17)22/h4-11,13-14H,12H2,1-3H3/t14-/m1/s1. The Balaban J connectivity index is 1.84. The molecule has 1 atom stereocenters. The molecule has 1 aromatic heterocycles. The lowest BCUT2D eigenvalue weighted by Crippen LogP contribution is -2.32. The van der Waals surface area contributed by atoms with E-state index in [4.69, 9.17) is 4.74 Å². The molecule has 0 aliphatic carbocycles. The highest BCUT2D eigenvalue weighted by atomic mass is 16.5. The van der Waals surface area contributed by atoms with Gasteiger partial charge in [0, 0.05) is 19.8 Å². The van der Waals surface area contributed by atoms with Gasteiger partial charge in [-0.1, -0.05) is 24.3 Å². The maximum atomic E-state index is 11.9. The molecule has 0 saturated heterocycles. The topological polar surface area (TPSA) is 47.4 Å². The van der Waals surface area contributed by atoms with Crippen LogP contribution in [-0.2, 0) is 9.53 Å². The average Bonchev–Trinajstić information content (AvgIpc) is 3.05. The largest absolute Gasteiger partial charge is 0.375 e. The van der Waals surface area contributed by atoms with E-state index in [0.29, 0.717) is 0 Å². The summed E-state index contributed by atoms with van der Waals surface area (Å²) in [5.41, 5.74) is 4.17. The summed E-state index contributed by atoms with van der Waals surface area (Å²) >= 11 is 0. The van der Waals surface area contributed by atoms with Crippen LogP contribution in [0, 0.1) is 0 Å². The first kappa shape index (κ1) is 16.2. The first-order valence-electron chi connectivity index (χ1n) is 7.89. The molecule has 0 aliphatic heterocycles. The summed E-state index contributed by atoms with van der Waals surface area (Å²) < 4.78 is 6.98. The van der Waals surface area contributed by atoms with E-state index in [9.17, 15) is 4.79 Å². The van der Waals surface area contributed by atoms with Gasteiger partial charge in [-0.25, -0.2) is 4.98 Å². The van der Waals surface area contributed by atoms with E-state index in [1.54, 1.807) is 11.9 Å². The second-order valence-electron chi connectivity index (χ2n) is 5.81. The molecular weight excluding hydrogens is 302 g/mol. The molecule has 24 heavy (non-hydrogen) atoms. The number of ether oxygens (including phenoxy) is 1. The molecule has 1 heterocycles. The number of hydrogen-bond donors (Lipinski definition) is 0. The van der Waals surface area contributed by atoms with Crippen LogP contribution in [0.4, 0.5) is 0 Å². The van der Waals surface area contributed by atoms with E-state index < -0.39 is 0 Å². The van der Waals surface area contributed by atoms with Gasteiger partial charge in [-0.15, -0.1) is 0 Å². The molecule has 0 bridgehead atoms. The molecule has 0 radical (unpaired) electrons. The van der Waals surface area contributed by atoms with Gasteiger partial charge in [-0.3, -0.25) is 9.36 Å². The quantitative estimate of drug-likeness (QED) is 0.724. The highest BCUT2D eigenvalue weighted by Crippen LogP contribution is 2.22. The summed E-state index contributed by atoms with van der Waals surface area (Å²) in [4.78, 5) is 18.1. The number of imidazole rings is 1. The third-order valence-corrected chi connectivity index (χ3v) is 4.35. The van der Waals surface area contributed by atoms with Crippen LogP contribution in [0.25, 0.3) is 16.7 Å². The predicted octanol–water partition coefficient (Wildman–Crippen LogP) is 3.19. The molecule has 0 unspecified atom stereocenters. The fraction of sp³-hybridized carbons (Fsp3) is 0.263. The molecule has 0 fully saturated rings. The van der Waals surface area contributed by atoms with Gasteiger partial charge in [0.25, 0.3) is 0 Å². The van der Waals surface area contributed by atoms with Crippen molar-refractivity contribution in [2.24, 2.45) is 0 Å². The fourth-order valence-electron chi connectivity index (χ4n) is 2.74. The molecule has 5 heteroatoms. The van der Waals surface area contributed by atoms with E-state index >= 15 is 0 Å². The van der Waals surface area contributed by atoms with Crippen LogP contribution in [0.2, 0.25) is 0 Å². The minimum atomic E-state index is -0.0327. The van der Waals surface area contributed by atoms with Crippen molar-refractivity contribution in [3.63, 3.8) is 0 Å². The van der Waals surface area contributed by atoms with Gasteiger partial charge < -0.3 is 9.64 Å². The molecule has 5 nitrogen and oxygen atoms in total. The van der Waals surface area contributed by atoms with Crippen LogP contribution < -0.4 is 0 Å². The summed E-state index contributed by atoms with van der Waals surface area (Å²) in [5.74, 6) is -0.0327. The number of amides is 1. The van der Waals surface area contributed by atoms with Crippen LogP contribution >= 0.6 is 0 Å². The van der Waals surface area contributed by atoms with Gasteiger partial charge in [-0.2, -0.15) is 0 Å². The van der Waals surface area contributed by atoms with Crippen LogP contribution in [-0.4, -0.2) is 41.1 Å². The molecule has 0 N–H and O–H groups in total. The van der Waals surface area contributed by atoms with E-state index in [1.165, 1.54) is 7.11 Å². The van der Waals surface area contributed by atoms with Gasteiger partial charge >= 0.3 is 0 Å². The van der Waals surface area contributed by atoms with Crippen LogP contribution in [0.15, 0.2) is 54.9 Å². The number of hydrogen-bond acceptors (Lipinski definition) is 3. The molecule has 0 aliphatic rings. The monoisotopic (exact) mass is 323 g/mol. The number of nitrogens with zero attached hydrogens (tertiary/aromatic N) is 3. The van der Waals surface area contributed by atoms with E-state index in [0.717, 1.165) is 22.3 Å². The van der Waals surface area contributed by atoms with Gasteiger partial charge in [0.2, 0.25) is 5.91 Å². The number of likely N-dealkylation sites (N-methyl/N-ethyl adjacent to an activating group) is 1. The Morgan fingerprint density at radius 2 is 1.92 bits per heavy atom. The Kier molecular flexibility index (Phi) is 4.62. The highest BCUT2D eigenvalue weighted by molar-refractivity contribution is 5.78. The van der Waals surface area contributed by atoms with E-state index in [2.05, 4.69) is 27.8 Å². The Morgan fingerprint density at radius 3 is 2.62 bits per heavy atom. The lowest BCUT2D eigenvalue weighted by Gasteiger charge is -2.25. The minimum Gasteiger partial charge on any atom is -0.375 e. The first-order valence-corrected chi connectivity index (χ1v) is 7.89. The Bertz CT molecular complexity index is 839. The number of aromatic nitrogens is 2. The molecular formula is C19H21N3O2. The van der Waals surface area contributed by atoms with Crippen molar-refractivity contribution < 1.29 is 9.53 Å². The van der Waals surface area contributed by atoms with Crippen molar-refractivity contribution in [2.75, 3.05) is 20.8 Å². The molecule has 1 amide bonds. The number of carbonyl (C=O) groups excluding carboxylic acids is 1. The second kappa shape index (κ2) is 6.84. The Morgan fingerprint density at radius 1 is 1.21 bits per heavy atom. The molecule has 3 rings (SSSR count). The third-order valence-electron chi connectivity index (χ3n) is 4.35. The normalized spacial score (nSPS) is 12.3. The number of methoxy groups -OCH3 is 1. The van der Waals surface area contributed by atoms with Crippen molar-refractivity contribution in [3.8, 4) is 5.69 Å². The summed E-state index contributed by atoms with van der Waals surface area (Å²) in [6.45, 7) is 2.11. The van der Waals surface area contributed by atoms with Crippen LogP contribution in [0.3, 0.4) is 0 Å². The van der Waals surface area contributed by atoms with Gasteiger partial charge in [0.15, 0.2) is 0 Å². The predicted molar refractivity (Wildman–Crippen MR) is 94.1 cm³/mol. The number of benzene rings is 2. The summed E-state index contributed by atoms with van der Waals surface area (Å²) in [5, 5.41) is 0. The fourth-order valence-corrected chi connectivity index (χ4v) is 2.74. The van der Waals surface area contributed by atoms with Crippen LogP contribution in [0.1, 0.15) is 18.5 Å². The SMILES string of the molecule is COCC(=O)N(C)[C@H](C)c1ccc(-n2cnc3ccccc32)cc1. The molecule has 0 spiro atoms. The minimum absolute atomic E-state index is 0.0127. The van der Waals surface area contributed by atoms with E-state index in [-0.39, 0.29) is 18.6 Å². The lowest BCUT2D eigenvalue weighted by atomic mass is 10.1.